The third-order valence-corrected chi connectivity index (χ3v) is 3.89. The molecule has 0 heterocycles. The molecule has 0 atom stereocenters. The van der Waals surface area contributed by atoms with Gasteiger partial charge in [0.15, 0.2) is 0 Å². The first-order valence-corrected chi connectivity index (χ1v) is 8.81. The van der Waals surface area contributed by atoms with Crippen molar-refractivity contribution in [1.82, 2.24) is 0 Å². The van der Waals surface area contributed by atoms with Crippen LogP contribution in [0.4, 0.5) is 4.79 Å². The molecule has 0 radical (unpaired) electrons. The second-order valence-corrected chi connectivity index (χ2v) is 5.93. The van der Waals surface area contributed by atoms with Crippen LogP contribution in [0.15, 0.2) is 54.6 Å². The van der Waals surface area contributed by atoms with E-state index < -0.39 is 6.16 Å². The first kappa shape index (κ1) is 18.1. The highest BCUT2D eigenvalue weighted by Gasteiger charge is 2.07. The fourth-order valence-electron chi connectivity index (χ4n) is 2.54. The lowest BCUT2D eigenvalue weighted by Gasteiger charge is -2.06. The molecule has 0 aliphatic carbocycles. The molecule has 0 aliphatic rings. The maximum Gasteiger partial charge on any atom is 0.519 e. The van der Waals surface area contributed by atoms with Crippen LogP contribution < -0.4 is 9.47 Å². The van der Waals surface area contributed by atoms with Crippen molar-refractivity contribution in [3.8, 4) is 11.5 Å². The number of hydrogen-bond acceptors (Lipinski definition) is 3. The van der Waals surface area contributed by atoms with E-state index in [2.05, 4.69) is 6.92 Å². The van der Waals surface area contributed by atoms with Gasteiger partial charge in [-0.05, 0) is 42.7 Å². The predicted molar refractivity (Wildman–Crippen MR) is 96.6 cm³/mol. The lowest BCUT2D eigenvalue weighted by molar-refractivity contribution is 0.152. The van der Waals surface area contributed by atoms with Gasteiger partial charge in [-0.2, -0.15) is 0 Å². The Hall–Kier alpha value is -2.29. The van der Waals surface area contributed by atoms with Crippen molar-refractivity contribution in [2.45, 2.75) is 51.9 Å². The maximum absolute atomic E-state index is 11.7. The van der Waals surface area contributed by atoms with Gasteiger partial charge in [-0.25, -0.2) is 4.79 Å². The van der Waals surface area contributed by atoms with Crippen LogP contribution in [0, 0.1) is 0 Å². The van der Waals surface area contributed by atoms with Crippen molar-refractivity contribution in [3.05, 3.63) is 60.2 Å². The molecule has 3 nitrogen and oxygen atoms in total. The summed E-state index contributed by atoms with van der Waals surface area (Å²) in [5.74, 6) is 0.977. The molecule has 0 saturated heterocycles. The average molecular weight is 326 g/mol. The molecule has 0 fully saturated rings. The van der Waals surface area contributed by atoms with E-state index in [1.165, 1.54) is 44.1 Å². The Bertz CT molecular complexity index is 590. The third kappa shape index (κ3) is 6.86. The topological polar surface area (TPSA) is 35.5 Å². The summed E-state index contributed by atoms with van der Waals surface area (Å²) < 4.78 is 10.3. The zero-order valence-electron chi connectivity index (χ0n) is 14.4. The van der Waals surface area contributed by atoms with Crippen molar-refractivity contribution in [1.29, 1.82) is 0 Å². The maximum atomic E-state index is 11.7. The van der Waals surface area contributed by atoms with E-state index in [-0.39, 0.29) is 0 Å². The molecule has 0 N–H and O–H groups in total. The Morgan fingerprint density at radius 2 is 1.33 bits per heavy atom. The van der Waals surface area contributed by atoms with E-state index in [0.717, 1.165) is 6.42 Å². The van der Waals surface area contributed by atoms with Gasteiger partial charge in [0, 0.05) is 0 Å². The van der Waals surface area contributed by atoms with E-state index in [9.17, 15) is 4.79 Å². The number of aryl methyl sites for hydroxylation is 1. The predicted octanol–water partition coefficient (Wildman–Crippen LogP) is 6.17. The number of unbranched alkanes of at least 4 members (excludes halogenated alkanes) is 5. The minimum Gasteiger partial charge on any atom is -0.395 e. The molecule has 0 spiro atoms. The van der Waals surface area contributed by atoms with Gasteiger partial charge >= 0.3 is 6.16 Å². The van der Waals surface area contributed by atoms with Crippen LogP contribution in [0.5, 0.6) is 11.5 Å². The number of ether oxygens (including phenoxy) is 2. The van der Waals surface area contributed by atoms with Gasteiger partial charge < -0.3 is 9.47 Å². The van der Waals surface area contributed by atoms with Gasteiger partial charge in [-0.1, -0.05) is 69.4 Å². The standard InChI is InChI=1S/C21H26O3/c1-2-3-4-5-6-8-11-18-14-16-20(17-15-18)24-21(22)23-19-12-9-7-10-13-19/h7,9-10,12-17H,2-6,8,11H2,1H3. The molecule has 0 aliphatic heterocycles. The van der Waals surface area contributed by atoms with Crippen molar-refractivity contribution in [2.24, 2.45) is 0 Å². The van der Waals surface area contributed by atoms with Crippen molar-refractivity contribution in [3.63, 3.8) is 0 Å². The summed E-state index contributed by atoms with van der Waals surface area (Å²) in [5.41, 5.74) is 1.27. The molecule has 0 aromatic heterocycles. The van der Waals surface area contributed by atoms with Crippen molar-refractivity contribution >= 4 is 6.16 Å². The van der Waals surface area contributed by atoms with E-state index in [1.54, 1.807) is 24.3 Å². The van der Waals surface area contributed by atoms with Gasteiger partial charge in [0.05, 0.1) is 0 Å². The number of para-hydroxylation sites is 1. The summed E-state index contributed by atoms with van der Waals surface area (Å²) in [6.45, 7) is 2.24. The largest absolute Gasteiger partial charge is 0.519 e. The summed E-state index contributed by atoms with van der Waals surface area (Å²) in [6, 6.07) is 16.6. The summed E-state index contributed by atoms with van der Waals surface area (Å²) in [6.07, 6.45) is 8.12. The van der Waals surface area contributed by atoms with Crippen LogP contribution in [0.2, 0.25) is 0 Å². The lowest BCUT2D eigenvalue weighted by atomic mass is 10.1. The second kappa shape index (κ2) is 10.5. The highest BCUT2D eigenvalue weighted by molar-refractivity contribution is 5.67. The molecular weight excluding hydrogens is 300 g/mol. The fraction of sp³-hybridized carbons (Fsp3) is 0.381. The highest BCUT2D eigenvalue weighted by atomic mass is 16.7. The monoisotopic (exact) mass is 326 g/mol. The Kier molecular flexibility index (Phi) is 7.88. The van der Waals surface area contributed by atoms with Crippen LogP contribution in [0.25, 0.3) is 0 Å². The Morgan fingerprint density at radius 1 is 0.750 bits per heavy atom. The van der Waals surface area contributed by atoms with E-state index in [0.29, 0.717) is 11.5 Å². The Balaban J connectivity index is 1.70. The van der Waals surface area contributed by atoms with E-state index in [4.69, 9.17) is 9.47 Å². The fourth-order valence-corrected chi connectivity index (χ4v) is 2.54. The third-order valence-electron chi connectivity index (χ3n) is 3.89. The lowest BCUT2D eigenvalue weighted by Crippen LogP contribution is -2.13. The molecule has 24 heavy (non-hydrogen) atoms. The zero-order valence-corrected chi connectivity index (χ0v) is 14.4. The van der Waals surface area contributed by atoms with Crippen LogP contribution in [0.3, 0.4) is 0 Å². The van der Waals surface area contributed by atoms with E-state index >= 15 is 0 Å². The van der Waals surface area contributed by atoms with Crippen LogP contribution in [-0.2, 0) is 6.42 Å². The molecule has 0 amide bonds. The molecular formula is C21H26O3. The Labute approximate surface area is 144 Å². The van der Waals surface area contributed by atoms with Gasteiger partial charge in [0.1, 0.15) is 11.5 Å². The smallest absolute Gasteiger partial charge is 0.395 e. The van der Waals surface area contributed by atoms with Crippen LogP contribution >= 0.6 is 0 Å². The molecule has 0 bridgehead atoms. The minimum absolute atomic E-state index is 0.474. The second-order valence-electron chi connectivity index (χ2n) is 5.93. The van der Waals surface area contributed by atoms with Crippen LogP contribution in [0.1, 0.15) is 51.0 Å². The normalized spacial score (nSPS) is 10.4. The number of benzene rings is 2. The first-order chi connectivity index (χ1) is 11.8. The molecule has 2 rings (SSSR count). The van der Waals surface area contributed by atoms with Gasteiger partial charge in [0.2, 0.25) is 0 Å². The Morgan fingerprint density at radius 3 is 2.00 bits per heavy atom. The minimum atomic E-state index is -0.718. The SMILES string of the molecule is CCCCCCCCc1ccc(OC(=O)Oc2ccccc2)cc1. The summed E-state index contributed by atoms with van der Waals surface area (Å²) in [7, 11) is 0. The summed E-state index contributed by atoms with van der Waals surface area (Å²) >= 11 is 0. The summed E-state index contributed by atoms with van der Waals surface area (Å²) in [5, 5.41) is 0. The number of carbonyl (C=O) groups excluding carboxylic acids is 1. The van der Waals surface area contributed by atoms with Crippen molar-refractivity contribution in [2.75, 3.05) is 0 Å². The van der Waals surface area contributed by atoms with Crippen LogP contribution in [-0.4, -0.2) is 6.16 Å². The van der Waals surface area contributed by atoms with Gasteiger partial charge in [-0.3, -0.25) is 0 Å². The zero-order chi connectivity index (χ0) is 17.0. The van der Waals surface area contributed by atoms with E-state index in [1.807, 2.05) is 30.3 Å². The van der Waals surface area contributed by atoms with Gasteiger partial charge in [0.25, 0.3) is 0 Å². The quantitative estimate of drug-likeness (QED) is 0.314. The number of hydrogen-bond donors (Lipinski definition) is 0. The molecule has 2 aromatic rings. The summed E-state index contributed by atoms with van der Waals surface area (Å²) in [4.78, 5) is 11.7. The number of rotatable bonds is 9. The molecule has 2 aromatic carbocycles. The first-order valence-electron chi connectivity index (χ1n) is 8.81. The van der Waals surface area contributed by atoms with Gasteiger partial charge in [-0.15, -0.1) is 0 Å². The molecule has 0 saturated carbocycles. The highest BCUT2D eigenvalue weighted by Crippen LogP contribution is 2.16. The molecule has 3 heteroatoms. The van der Waals surface area contributed by atoms with Crippen molar-refractivity contribution < 1.29 is 14.3 Å². The molecule has 0 unspecified atom stereocenters. The number of carbonyl (C=O) groups is 1. The molecule has 128 valence electrons. The average Bonchev–Trinajstić information content (AvgIpc) is 2.60.